The number of aromatic nitrogens is 2. The Labute approximate surface area is 192 Å². The van der Waals surface area contributed by atoms with Gasteiger partial charge in [0, 0.05) is 24.2 Å². The Balaban J connectivity index is 1.42. The zero-order valence-corrected chi connectivity index (χ0v) is 18.4. The topological polar surface area (TPSA) is 98.2 Å². The number of sulfone groups is 1. The number of benzene rings is 2. The van der Waals surface area contributed by atoms with Gasteiger partial charge >= 0.3 is 0 Å². The largest absolute Gasteiger partial charge is 0.485 e. The Morgan fingerprint density at radius 3 is 2.27 bits per heavy atom. The van der Waals surface area contributed by atoms with Gasteiger partial charge in [0.2, 0.25) is 0 Å². The quantitative estimate of drug-likeness (QED) is 0.422. The summed E-state index contributed by atoms with van der Waals surface area (Å²) in [6.07, 6.45) is 4.92. The number of rotatable bonds is 8. The number of nitrogens with zero attached hydrogens (tertiary/aromatic N) is 2. The molecular formula is C25H21N3O4S. The third-order valence-electron chi connectivity index (χ3n) is 4.82. The maximum atomic E-state index is 12.7. The molecule has 0 atom stereocenters. The van der Waals surface area contributed by atoms with Crippen molar-refractivity contribution in [1.82, 2.24) is 9.97 Å². The number of anilines is 1. The molecule has 2 aromatic heterocycles. The van der Waals surface area contributed by atoms with Crippen molar-refractivity contribution in [3.05, 3.63) is 114 Å². The maximum absolute atomic E-state index is 12.7. The molecule has 7 nitrogen and oxygen atoms in total. The first-order valence-corrected chi connectivity index (χ1v) is 11.8. The van der Waals surface area contributed by atoms with Crippen LogP contribution in [0.5, 0.6) is 5.75 Å². The molecular weight excluding hydrogens is 438 g/mol. The molecule has 2 heterocycles. The highest BCUT2D eigenvalue weighted by Crippen LogP contribution is 2.23. The number of carbonyl (C=O) groups excluding carboxylic acids is 1. The fraction of sp³-hybridized carbons (Fsp3) is 0.0800. The van der Waals surface area contributed by atoms with E-state index in [0.717, 1.165) is 5.56 Å². The molecule has 0 saturated carbocycles. The van der Waals surface area contributed by atoms with E-state index < -0.39 is 9.84 Å². The second-order valence-corrected chi connectivity index (χ2v) is 9.21. The third kappa shape index (κ3) is 5.81. The SMILES string of the molecule is O=C(Nc1ncccc1OCc1ccncc1)c1ccc(CS(=O)(=O)c2ccccc2)cc1. The van der Waals surface area contributed by atoms with Crippen molar-refractivity contribution in [3.63, 3.8) is 0 Å². The predicted molar refractivity (Wildman–Crippen MR) is 125 cm³/mol. The summed E-state index contributed by atoms with van der Waals surface area (Å²) in [7, 11) is -3.46. The van der Waals surface area contributed by atoms with Crippen molar-refractivity contribution in [3.8, 4) is 5.75 Å². The van der Waals surface area contributed by atoms with E-state index in [-0.39, 0.29) is 16.6 Å². The van der Waals surface area contributed by atoms with Crippen LogP contribution in [-0.2, 0) is 22.2 Å². The van der Waals surface area contributed by atoms with Gasteiger partial charge in [-0.1, -0.05) is 30.3 Å². The van der Waals surface area contributed by atoms with Gasteiger partial charge in [-0.3, -0.25) is 9.78 Å². The van der Waals surface area contributed by atoms with Crippen LogP contribution in [0, 0.1) is 0 Å². The highest BCUT2D eigenvalue weighted by molar-refractivity contribution is 7.90. The number of hydrogen-bond donors (Lipinski definition) is 1. The molecule has 0 fully saturated rings. The highest BCUT2D eigenvalue weighted by atomic mass is 32.2. The Morgan fingerprint density at radius 2 is 1.55 bits per heavy atom. The molecule has 8 heteroatoms. The molecule has 1 N–H and O–H groups in total. The first-order chi connectivity index (χ1) is 16.0. The summed E-state index contributed by atoms with van der Waals surface area (Å²) in [5.41, 5.74) is 1.91. The van der Waals surface area contributed by atoms with Crippen LogP contribution >= 0.6 is 0 Å². The van der Waals surface area contributed by atoms with E-state index in [1.807, 2.05) is 12.1 Å². The van der Waals surface area contributed by atoms with Crippen molar-refractivity contribution >= 4 is 21.6 Å². The van der Waals surface area contributed by atoms with Crippen molar-refractivity contribution in [2.75, 3.05) is 5.32 Å². The van der Waals surface area contributed by atoms with Crippen LogP contribution < -0.4 is 10.1 Å². The van der Waals surface area contributed by atoms with Gasteiger partial charge in [-0.25, -0.2) is 13.4 Å². The van der Waals surface area contributed by atoms with Crippen LogP contribution in [-0.4, -0.2) is 24.3 Å². The first kappa shape index (κ1) is 22.2. The molecule has 0 saturated heterocycles. The maximum Gasteiger partial charge on any atom is 0.256 e. The average molecular weight is 460 g/mol. The molecule has 2 aromatic carbocycles. The van der Waals surface area contributed by atoms with Crippen LogP contribution in [0.1, 0.15) is 21.5 Å². The monoisotopic (exact) mass is 459 g/mol. The van der Waals surface area contributed by atoms with Crippen molar-refractivity contribution in [1.29, 1.82) is 0 Å². The lowest BCUT2D eigenvalue weighted by Gasteiger charge is -2.12. The van der Waals surface area contributed by atoms with Gasteiger partial charge < -0.3 is 10.1 Å². The van der Waals surface area contributed by atoms with Gasteiger partial charge in [0.25, 0.3) is 5.91 Å². The Hall–Kier alpha value is -4.04. The summed E-state index contributed by atoms with van der Waals surface area (Å²) in [5, 5.41) is 2.75. The van der Waals surface area contributed by atoms with Crippen molar-refractivity contribution < 1.29 is 17.9 Å². The second kappa shape index (κ2) is 10.1. The minimum Gasteiger partial charge on any atom is -0.485 e. The Kier molecular flexibility index (Phi) is 6.75. The number of ether oxygens (including phenoxy) is 1. The third-order valence-corrected chi connectivity index (χ3v) is 6.53. The number of nitrogens with one attached hydrogen (secondary N) is 1. The van der Waals surface area contributed by atoms with E-state index in [1.54, 1.807) is 85.3 Å². The van der Waals surface area contributed by atoms with E-state index >= 15 is 0 Å². The van der Waals surface area contributed by atoms with Crippen LogP contribution in [0.3, 0.4) is 0 Å². The predicted octanol–water partition coefficient (Wildman–Crippen LogP) is 4.28. The standard InChI is InChI=1S/C25H21N3O4S/c29-25(28-24-23(7-4-14-27-24)32-17-19-12-15-26-16-13-19)21-10-8-20(9-11-21)18-33(30,31)22-5-2-1-3-6-22/h1-16H,17-18H2,(H,27,28,29). The van der Waals surface area contributed by atoms with Gasteiger partial charge in [0.15, 0.2) is 21.4 Å². The average Bonchev–Trinajstić information content (AvgIpc) is 2.85. The van der Waals surface area contributed by atoms with Gasteiger partial charge in [-0.15, -0.1) is 0 Å². The lowest BCUT2D eigenvalue weighted by molar-refractivity contribution is 0.102. The summed E-state index contributed by atoms with van der Waals surface area (Å²) in [6.45, 7) is 0.307. The van der Waals surface area contributed by atoms with Crippen LogP contribution in [0.15, 0.2) is 102 Å². The first-order valence-electron chi connectivity index (χ1n) is 10.2. The van der Waals surface area contributed by atoms with Crippen LogP contribution in [0.2, 0.25) is 0 Å². The molecule has 0 spiro atoms. The molecule has 0 radical (unpaired) electrons. The van der Waals surface area contributed by atoms with Gasteiger partial charge in [-0.2, -0.15) is 0 Å². The van der Waals surface area contributed by atoms with E-state index in [0.29, 0.717) is 29.3 Å². The number of carbonyl (C=O) groups is 1. The summed E-state index contributed by atoms with van der Waals surface area (Å²) < 4.78 is 30.9. The normalized spacial score (nSPS) is 11.0. The molecule has 0 aliphatic carbocycles. The van der Waals surface area contributed by atoms with Crippen LogP contribution in [0.4, 0.5) is 5.82 Å². The van der Waals surface area contributed by atoms with Crippen molar-refractivity contribution in [2.24, 2.45) is 0 Å². The molecule has 33 heavy (non-hydrogen) atoms. The minimum absolute atomic E-state index is 0.147. The zero-order chi connectivity index (χ0) is 23.1. The summed E-state index contributed by atoms with van der Waals surface area (Å²) in [5.74, 6) is 0.215. The lowest BCUT2D eigenvalue weighted by atomic mass is 10.1. The molecule has 4 rings (SSSR count). The summed E-state index contributed by atoms with van der Waals surface area (Å²) in [6, 6.07) is 21.9. The summed E-state index contributed by atoms with van der Waals surface area (Å²) in [4.78, 5) is 21.2. The smallest absolute Gasteiger partial charge is 0.256 e. The van der Waals surface area contributed by atoms with E-state index in [1.165, 1.54) is 0 Å². The molecule has 0 unspecified atom stereocenters. The highest BCUT2D eigenvalue weighted by Gasteiger charge is 2.16. The minimum atomic E-state index is -3.46. The van der Waals surface area contributed by atoms with Crippen molar-refractivity contribution in [2.45, 2.75) is 17.3 Å². The van der Waals surface area contributed by atoms with E-state index in [9.17, 15) is 13.2 Å². The molecule has 4 aromatic rings. The lowest BCUT2D eigenvalue weighted by Crippen LogP contribution is -2.14. The fourth-order valence-corrected chi connectivity index (χ4v) is 4.47. The van der Waals surface area contributed by atoms with Gasteiger partial charge in [-0.05, 0) is 59.7 Å². The van der Waals surface area contributed by atoms with Gasteiger partial charge in [0.1, 0.15) is 6.61 Å². The molecule has 0 aliphatic heterocycles. The second-order valence-electron chi connectivity index (χ2n) is 7.22. The van der Waals surface area contributed by atoms with Gasteiger partial charge in [0.05, 0.1) is 10.6 Å². The summed E-state index contributed by atoms with van der Waals surface area (Å²) >= 11 is 0. The number of pyridine rings is 2. The molecule has 1 amide bonds. The van der Waals surface area contributed by atoms with Crippen LogP contribution in [0.25, 0.3) is 0 Å². The molecule has 0 aliphatic rings. The van der Waals surface area contributed by atoms with E-state index in [2.05, 4.69) is 15.3 Å². The fourth-order valence-electron chi connectivity index (χ4n) is 3.10. The molecule has 0 bridgehead atoms. The Bertz CT molecular complexity index is 1330. The number of amides is 1. The zero-order valence-electron chi connectivity index (χ0n) is 17.6. The van der Waals surface area contributed by atoms with E-state index in [4.69, 9.17) is 4.74 Å². The Morgan fingerprint density at radius 1 is 0.818 bits per heavy atom. The molecule has 166 valence electrons. The number of hydrogen-bond acceptors (Lipinski definition) is 6.